The number of hydrogen-bond donors (Lipinski definition) is 1. The predicted octanol–water partition coefficient (Wildman–Crippen LogP) is 3.09. The van der Waals surface area contributed by atoms with Crippen LogP contribution in [0.3, 0.4) is 0 Å². The van der Waals surface area contributed by atoms with Crippen molar-refractivity contribution in [3.05, 3.63) is 34.0 Å². The minimum atomic E-state index is -2.22. The first-order valence-corrected chi connectivity index (χ1v) is 10.0. The van der Waals surface area contributed by atoms with Gasteiger partial charge < -0.3 is 15.2 Å². The van der Waals surface area contributed by atoms with Crippen LogP contribution >= 0.6 is 0 Å². The molecule has 0 spiro atoms. The summed E-state index contributed by atoms with van der Waals surface area (Å²) in [7, 11) is 0. The normalized spacial score (nSPS) is 24.0. The highest BCUT2D eigenvalue weighted by Gasteiger charge is 2.35. The maximum absolute atomic E-state index is 11.8. The Morgan fingerprint density at radius 1 is 1.33 bits per heavy atom. The second-order valence-corrected chi connectivity index (χ2v) is 8.74. The van der Waals surface area contributed by atoms with Gasteiger partial charge in [-0.25, -0.2) is 0 Å². The zero-order chi connectivity index (χ0) is 17.0. The molecule has 3 aliphatic rings. The lowest BCUT2D eigenvalue weighted by atomic mass is 9.91. The molecule has 1 aromatic rings. The first-order valence-electron chi connectivity index (χ1n) is 8.95. The highest BCUT2D eigenvalue weighted by atomic mass is 32.2. The minimum absolute atomic E-state index is 0.0278. The van der Waals surface area contributed by atoms with Crippen LogP contribution < -0.4 is 5.73 Å². The van der Waals surface area contributed by atoms with E-state index in [2.05, 4.69) is 24.8 Å². The van der Waals surface area contributed by atoms with Crippen molar-refractivity contribution in [2.24, 2.45) is 17.6 Å². The van der Waals surface area contributed by atoms with E-state index in [-0.39, 0.29) is 6.04 Å². The third-order valence-electron chi connectivity index (χ3n) is 5.46. The van der Waals surface area contributed by atoms with Crippen molar-refractivity contribution in [1.29, 1.82) is 0 Å². The van der Waals surface area contributed by atoms with Gasteiger partial charge in [0, 0.05) is 29.7 Å². The molecule has 1 aromatic carbocycles. The molecule has 5 heteroatoms. The van der Waals surface area contributed by atoms with Gasteiger partial charge in [0.2, 0.25) is 0 Å². The number of allylic oxidation sites excluding steroid dienone is 1. The van der Waals surface area contributed by atoms with Crippen LogP contribution in [0.1, 0.15) is 61.4 Å². The van der Waals surface area contributed by atoms with Gasteiger partial charge in [-0.2, -0.15) is 0 Å². The third kappa shape index (κ3) is 2.72. The lowest BCUT2D eigenvalue weighted by molar-refractivity contribution is 0.281. The second-order valence-electron chi connectivity index (χ2n) is 7.83. The Bertz CT molecular complexity index is 737. The fourth-order valence-corrected chi connectivity index (χ4v) is 4.82. The summed E-state index contributed by atoms with van der Waals surface area (Å²) in [6, 6.07) is 1.80. The van der Waals surface area contributed by atoms with Crippen molar-refractivity contribution < 1.29 is 8.76 Å². The quantitative estimate of drug-likeness (QED) is 0.852. The molecule has 24 heavy (non-hydrogen) atoms. The van der Waals surface area contributed by atoms with Gasteiger partial charge in [-0.05, 0) is 83.0 Å². The van der Waals surface area contributed by atoms with E-state index in [1.165, 1.54) is 29.7 Å². The molecule has 2 unspecified atom stereocenters. The van der Waals surface area contributed by atoms with Crippen LogP contribution in [0, 0.1) is 11.8 Å². The van der Waals surface area contributed by atoms with Gasteiger partial charge in [0.1, 0.15) is 0 Å². The van der Waals surface area contributed by atoms with Crippen molar-refractivity contribution >= 4 is 17.2 Å². The van der Waals surface area contributed by atoms with Gasteiger partial charge >= 0.3 is 0 Å². The van der Waals surface area contributed by atoms with E-state index in [0.29, 0.717) is 16.7 Å². The highest BCUT2D eigenvalue weighted by molar-refractivity contribution is 7.79. The Hall–Kier alpha value is -1.17. The zero-order valence-electron chi connectivity index (χ0n) is 14.4. The van der Waals surface area contributed by atoms with Gasteiger partial charge in [0.25, 0.3) is 0 Å². The van der Waals surface area contributed by atoms with E-state index in [0.717, 1.165) is 37.1 Å². The van der Waals surface area contributed by atoms with Crippen LogP contribution in [0.5, 0.6) is 0 Å². The fourth-order valence-electron chi connectivity index (χ4n) is 4.24. The molecule has 2 atom stereocenters. The Morgan fingerprint density at radius 2 is 2.08 bits per heavy atom. The lowest BCUT2D eigenvalue weighted by Crippen LogP contribution is -2.31. The van der Waals surface area contributed by atoms with Crippen LogP contribution in [0.2, 0.25) is 0 Å². The van der Waals surface area contributed by atoms with E-state index in [1.54, 1.807) is 0 Å². The number of nitrogens with zero attached hydrogens (tertiary/aromatic N) is 1. The van der Waals surface area contributed by atoms with Gasteiger partial charge in [0.05, 0.1) is 0 Å². The molecule has 0 amide bonds. The Balaban J connectivity index is 1.87. The molecule has 0 saturated heterocycles. The molecule has 1 aliphatic heterocycles. The summed E-state index contributed by atoms with van der Waals surface area (Å²) >= 11 is -2.22. The number of benzene rings is 1. The van der Waals surface area contributed by atoms with Gasteiger partial charge in [0.15, 0.2) is 0 Å². The predicted molar refractivity (Wildman–Crippen MR) is 94.8 cm³/mol. The standard InChI is InChI=1S/C19H26N2O2S/c1-11(2)9-21-10-16-13-5-6-17(20)14(13)8-19(24(22)23)15(16)7-18(21)12-3-4-12/h7-8,11-12,17H,3-6,9-10,20H2,1-2H3,(H,22,23)/p-1. The van der Waals surface area contributed by atoms with E-state index >= 15 is 0 Å². The molecule has 2 aliphatic carbocycles. The summed E-state index contributed by atoms with van der Waals surface area (Å²) in [6.07, 6.45) is 6.49. The molecule has 0 aromatic heterocycles. The monoisotopic (exact) mass is 345 g/mol. The molecule has 0 bridgehead atoms. The van der Waals surface area contributed by atoms with E-state index in [4.69, 9.17) is 5.73 Å². The second kappa shape index (κ2) is 5.97. The third-order valence-corrected chi connectivity index (χ3v) is 6.16. The average Bonchev–Trinajstić information content (AvgIpc) is 3.29. The molecule has 1 saturated carbocycles. The van der Waals surface area contributed by atoms with Gasteiger partial charge in [-0.3, -0.25) is 4.21 Å². The van der Waals surface area contributed by atoms with Crippen molar-refractivity contribution in [1.82, 2.24) is 4.90 Å². The Morgan fingerprint density at radius 3 is 2.71 bits per heavy atom. The van der Waals surface area contributed by atoms with Crippen LogP contribution in [0.25, 0.3) is 6.08 Å². The Kier molecular flexibility index (Phi) is 4.06. The number of nitrogens with two attached hydrogens (primary N) is 1. The zero-order valence-corrected chi connectivity index (χ0v) is 15.2. The van der Waals surface area contributed by atoms with Crippen LogP contribution in [-0.4, -0.2) is 20.2 Å². The van der Waals surface area contributed by atoms with Crippen molar-refractivity contribution in [3.63, 3.8) is 0 Å². The largest absolute Gasteiger partial charge is 0.768 e. The molecule has 0 radical (unpaired) electrons. The van der Waals surface area contributed by atoms with E-state index in [1.807, 2.05) is 6.07 Å². The van der Waals surface area contributed by atoms with E-state index in [9.17, 15) is 8.76 Å². The van der Waals surface area contributed by atoms with Crippen molar-refractivity contribution in [2.45, 2.75) is 57.0 Å². The summed E-state index contributed by atoms with van der Waals surface area (Å²) < 4.78 is 23.7. The maximum atomic E-state index is 11.8. The molecule has 130 valence electrons. The summed E-state index contributed by atoms with van der Waals surface area (Å²) in [5, 5.41) is 0. The average molecular weight is 345 g/mol. The topological polar surface area (TPSA) is 69.4 Å². The number of hydrogen-bond acceptors (Lipinski definition) is 4. The summed E-state index contributed by atoms with van der Waals surface area (Å²) in [4.78, 5) is 2.91. The minimum Gasteiger partial charge on any atom is -0.768 e. The van der Waals surface area contributed by atoms with Crippen molar-refractivity contribution in [2.75, 3.05) is 6.54 Å². The first-order chi connectivity index (χ1) is 11.5. The lowest BCUT2D eigenvalue weighted by Gasteiger charge is -2.35. The first kappa shape index (κ1) is 16.3. The molecule has 4 rings (SSSR count). The number of fused-ring (bicyclic) bond motifs is 3. The fraction of sp³-hybridized carbons (Fsp3) is 0.579. The molecule has 1 heterocycles. The number of rotatable bonds is 4. The van der Waals surface area contributed by atoms with Gasteiger partial charge in [-0.15, -0.1) is 0 Å². The van der Waals surface area contributed by atoms with E-state index < -0.39 is 11.1 Å². The van der Waals surface area contributed by atoms with Crippen LogP contribution in [0.4, 0.5) is 0 Å². The Labute approximate surface area is 146 Å². The molecule has 4 nitrogen and oxygen atoms in total. The summed E-state index contributed by atoms with van der Waals surface area (Å²) in [6.45, 7) is 6.33. The van der Waals surface area contributed by atoms with Gasteiger partial charge in [-0.1, -0.05) is 13.8 Å². The van der Waals surface area contributed by atoms with Crippen LogP contribution in [0.15, 0.2) is 16.7 Å². The summed E-state index contributed by atoms with van der Waals surface area (Å²) in [5.41, 5.74) is 12.0. The maximum Gasteiger partial charge on any atom is 0.0435 e. The SMILES string of the molecule is CC(C)CN1Cc2c(c(S(=O)[O-])cc3c2CCC3N)C=C1C1CC1. The smallest absolute Gasteiger partial charge is 0.0435 e. The van der Waals surface area contributed by atoms with Crippen LogP contribution in [-0.2, 0) is 24.0 Å². The highest BCUT2D eigenvalue weighted by Crippen LogP contribution is 2.46. The molecular weight excluding hydrogens is 320 g/mol. The summed E-state index contributed by atoms with van der Waals surface area (Å²) in [5.74, 6) is 1.20. The molecule has 2 N–H and O–H groups in total. The van der Waals surface area contributed by atoms with Crippen molar-refractivity contribution in [3.8, 4) is 0 Å². The molecule has 1 fully saturated rings. The molecular formula is C19H25N2O2S-.